The smallest absolute Gasteiger partial charge is 0.339 e. The van der Waals surface area contributed by atoms with Gasteiger partial charge in [-0.15, -0.1) is 0 Å². The van der Waals surface area contributed by atoms with Gasteiger partial charge in [-0.25, -0.2) is 4.79 Å². The normalized spacial score (nSPS) is 15.6. The van der Waals surface area contributed by atoms with Crippen LogP contribution >= 0.6 is 0 Å². The SMILES string of the molecule is COc1ccc(NC(=O)C2Cc3cc(C(C)C)ccc3C(=O)O2)c([N+](=O)[O-])c1. The van der Waals surface area contributed by atoms with E-state index in [1.165, 1.54) is 25.3 Å². The molecule has 0 bridgehead atoms. The topological polar surface area (TPSA) is 108 Å². The second-order valence-corrected chi connectivity index (χ2v) is 6.80. The zero-order chi connectivity index (χ0) is 20.4. The molecule has 8 heteroatoms. The highest BCUT2D eigenvalue weighted by molar-refractivity contribution is 6.01. The fourth-order valence-corrected chi connectivity index (χ4v) is 3.03. The lowest BCUT2D eigenvalue weighted by Gasteiger charge is -2.24. The van der Waals surface area contributed by atoms with Crippen molar-refractivity contribution in [1.29, 1.82) is 0 Å². The molecule has 1 heterocycles. The maximum atomic E-state index is 12.6. The van der Waals surface area contributed by atoms with Crippen LogP contribution in [0.2, 0.25) is 0 Å². The minimum absolute atomic E-state index is 0.00794. The molecule has 1 amide bonds. The summed E-state index contributed by atoms with van der Waals surface area (Å²) in [6.07, 6.45) is -0.860. The van der Waals surface area contributed by atoms with E-state index < -0.39 is 22.9 Å². The van der Waals surface area contributed by atoms with Gasteiger partial charge in [-0.2, -0.15) is 0 Å². The summed E-state index contributed by atoms with van der Waals surface area (Å²) in [6, 6.07) is 9.56. The Labute approximate surface area is 161 Å². The van der Waals surface area contributed by atoms with Crippen molar-refractivity contribution < 1.29 is 24.0 Å². The number of ether oxygens (including phenoxy) is 2. The third-order valence-electron chi connectivity index (χ3n) is 4.62. The summed E-state index contributed by atoms with van der Waals surface area (Å²) in [4.78, 5) is 35.6. The first kappa shape index (κ1) is 19.3. The van der Waals surface area contributed by atoms with E-state index in [-0.39, 0.29) is 23.7 Å². The fourth-order valence-electron chi connectivity index (χ4n) is 3.03. The number of nitrogens with zero attached hydrogens (tertiary/aromatic N) is 1. The molecule has 2 aromatic rings. The standard InChI is InChI=1S/C20H20N2O6/c1-11(2)12-4-6-15-13(8-12)9-18(28-20(15)24)19(23)21-16-7-5-14(27-3)10-17(16)22(25)26/h4-8,10-11,18H,9H2,1-3H3,(H,21,23). The molecule has 0 saturated heterocycles. The van der Waals surface area contributed by atoms with E-state index in [2.05, 4.69) is 5.32 Å². The zero-order valence-electron chi connectivity index (χ0n) is 15.7. The average molecular weight is 384 g/mol. The van der Waals surface area contributed by atoms with E-state index in [4.69, 9.17) is 9.47 Å². The molecule has 0 aliphatic carbocycles. The van der Waals surface area contributed by atoms with E-state index >= 15 is 0 Å². The molecule has 3 rings (SSSR count). The second-order valence-electron chi connectivity index (χ2n) is 6.80. The van der Waals surface area contributed by atoms with Crippen LogP contribution in [0.15, 0.2) is 36.4 Å². The predicted octanol–water partition coefficient (Wildman–Crippen LogP) is 3.45. The molecule has 0 fully saturated rings. The number of nitro groups is 1. The van der Waals surface area contributed by atoms with Gasteiger partial charge in [-0.3, -0.25) is 14.9 Å². The van der Waals surface area contributed by atoms with Crippen molar-refractivity contribution in [2.75, 3.05) is 12.4 Å². The molecule has 8 nitrogen and oxygen atoms in total. The van der Waals surface area contributed by atoms with Crippen LogP contribution in [0.3, 0.4) is 0 Å². The summed E-state index contributed by atoms with van der Waals surface area (Å²) in [5.74, 6) is -0.635. The Morgan fingerprint density at radius 2 is 2.04 bits per heavy atom. The van der Waals surface area contributed by atoms with E-state index in [9.17, 15) is 19.7 Å². The van der Waals surface area contributed by atoms with Gasteiger partial charge in [-0.05, 0) is 35.2 Å². The van der Waals surface area contributed by atoms with Gasteiger partial charge in [0, 0.05) is 6.42 Å². The highest BCUT2D eigenvalue weighted by atomic mass is 16.6. The lowest BCUT2D eigenvalue weighted by Crippen LogP contribution is -2.38. The number of hydrogen-bond donors (Lipinski definition) is 1. The number of hydrogen-bond acceptors (Lipinski definition) is 6. The Kier molecular flexibility index (Phi) is 5.30. The first-order valence-corrected chi connectivity index (χ1v) is 8.77. The summed E-state index contributed by atoms with van der Waals surface area (Å²) in [6.45, 7) is 4.08. The minimum Gasteiger partial charge on any atom is -0.496 e. The van der Waals surface area contributed by atoms with E-state index in [0.717, 1.165) is 11.1 Å². The number of esters is 1. The Morgan fingerprint density at radius 1 is 1.29 bits per heavy atom. The summed E-state index contributed by atoms with van der Waals surface area (Å²) >= 11 is 0. The van der Waals surface area contributed by atoms with Crippen molar-refractivity contribution in [2.24, 2.45) is 0 Å². The van der Waals surface area contributed by atoms with Gasteiger partial charge >= 0.3 is 5.97 Å². The number of nitrogens with one attached hydrogen (secondary N) is 1. The molecule has 1 atom stereocenters. The van der Waals surface area contributed by atoms with Crippen LogP contribution in [-0.4, -0.2) is 30.0 Å². The van der Waals surface area contributed by atoms with Gasteiger partial charge in [0.25, 0.3) is 11.6 Å². The summed E-state index contributed by atoms with van der Waals surface area (Å²) in [5.41, 5.74) is 1.92. The van der Waals surface area contributed by atoms with Gasteiger partial charge in [0.1, 0.15) is 11.4 Å². The number of fused-ring (bicyclic) bond motifs is 1. The maximum Gasteiger partial charge on any atom is 0.339 e. The number of nitro benzene ring substituents is 1. The summed E-state index contributed by atoms with van der Waals surface area (Å²) in [5, 5.41) is 13.8. The molecule has 1 unspecified atom stereocenters. The van der Waals surface area contributed by atoms with Gasteiger partial charge in [-0.1, -0.05) is 26.0 Å². The van der Waals surface area contributed by atoms with Crippen LogP contribution < -0.4 is 10.1 Å². The van der Waals surface area contributed by atoms with Crippen LogP contribution in [0, 0.1) is 10.1 Å². The highest BCUT2D eigenvalue weighted by Crippen LogP contribution is 2.30. The molecule has 28 heavy (non-hydrogen) atoms. The number of rotatable bonds is 5. The molecule has 1 aliphatic heterocycles. The van der Waals surface area contributed by atoms with Gasteiger partial charge in [0.2, 0.25) is 0 Å². The second kappa shape index (κ2) is 7.67. The Morgan fingerprint density at radius 3 is 2.68 bits per heavy atom. The predicted molar refractivity (Wildman–Crippen MR) is 102 cm³/mol. The summed E-state index contributed by atoms with van der Waals surface area (Å²) in [7, 11) is 1.39. The van der Waals surface area contributed by atoms with Gasteiger partial charge < -0.3 is 14.8 Å². The molecule has 0 radical (unpaired) electrons. The van der Waals surface area contributed by atoms with Crippen molar-refractivity contribution in [3.8, 4) is 5.75 Å². The fraction of sp³-hybridized carbons (Fsp3) is 0.300. The zero-order valence-corrected chi connectivity index (χ0v) is 15.7. The lowest BCUT2D eigenvalue weighted by molar-refractivity contribution is -0.384. The number of amides is 1. The molecule has 0 saturated carbocycles. The van der Waals surface area contributed by atoms with Crippen molar-refractivity contribution in [2.45, 2.75) is 32.3 Å². The van der Waals surface area contributed by atoms with Crippen LogP contribution in [0.1, 0.15) is 41.3 Å². The largest absolute Gasteiger partial charge is 0.496 e. The number of benzene rings is 2. The molecular weight excluding hydrogens is 364 g/mol. The average Bonchev–Trinajstić information content (AvgIpc) is 2.67. The molecule has 0 spiro atoms. The van der Waals surface area contributed by atoms with Crippen molar-refractivity contribution >= 4 is 23.3 Å². The number of methoxy groups -OCH3 is 1. The summed E-state index contributed by atoms with van der Waals surface area (Å²) < 4.78 is 10.2. The van der Waals surface area contributed by atoms with Crippen molar-refractivity contribution in [3.05, 3.63) is 63.2 Å². The molecule has 0 aromatic heterocycles. The van der Waals surface area contributed by atoms with Gasteiger partial charge in [0.15, 0.2) is 6.10 Å². The van der Waals surface area contributed by atoms with E-state index in [1.807, 2.05) is 26.0 Å². The van der Waals surface area contributed by atoms with Gasteiger partial charge in [0.05, 0.1) is 23.7 Å². The highest BCUT2D eigenvalue weighted by Gasteiger charge is 2.32. The van der Waals surface area contributed by atoms with Crippen LogP contribution in [-0.2, 0) is 16.0 Å². The Balaban J connectivity index is 1.84. The quantitative estimate of drug-likeness (QED) is 0.481. The Hall–Kier alpha value is -3.42. The molecule has 146 valence electrons. The number of cyclic esters (lactones) is 1. The maximum absolute atomic E-state index is 12.6. The Bertz CT molecular complexity index is 954. The first-order chi connectivity index (χ1) is 13.3. The minimum atomic E-state index is -1.07. The lowest BCUT2D eigenvalue weighted by atomic mass is 9.92. The van der Waals surface area contributed by atoms with E-state index in [0.29, 0.717) is 11.3 Å². The van der Waals surface area contributed by atoms with Crippen molar-refractivity contribution in [3.63, 3.8) is 0 Å². The third kappa shape index (κ3) is 3.80. The molecule has 1 N–H and O–H groups in total. The monoisotopic (exact) mass is 384 g/mol. The number of carbonyl (C=O) groups excluding carboxylic acids is 2. The number of anilines is 1. The molecular formula is C20H20N2O6. The van der Waals surface area contributed by atoms with Crippen molar-refractivity contribution in [1.82, 2.24) is 0 Å². The van der Waals surface area contributed by atoms with E-state index in [1.54, 1.807) is 6.07 Å². The molecule has 2 aromatic carbocycles. The number of carbonyl (C=O) groups is 2. The van der Waals surface area contributed by atoms with Crippen LogP contribution in [0.4, 0.5) is 11.4 Å². The molecule has 1 aliphatic rings. The third-order valence-corrected chi connectivity index (χ3v) is 4.62. The first-order valence-electron chi connectivity index (χ1n) is 8.77. The van der Waals surface area contributed by atoms with Crippen LogP contribution in [0.5, 0.6) is 5.75 Å². The van der Waals surface area contributed by atoms with Crippen LogP contribution in [0.25, 0.3) is 0 Å².